The molecule has 4 nitrogen and oxygen atoms in total. The molecule has 2 aromatic rings. The van der Waals surface area contributed by atoms with Crippen LogP contribution in [0.15, 0.2) is 48.7 Å². The minimum absolute atomic E-state index is 0.0370. The van der Waals surface area contributed by atoms with Crippen molar-refractivity contribution in [3.63, 3.8) is 0 Å². The molecular weight excluding hydrogens is 379 g/mol. The van der Waals surface area contributed by atoms with Crippen molar-refractivity contribution in [1.29, 1.82) is 0 Å². The van der Waals surface area contributed by atoms with Gasteiger partial charge in [0.2, 0.25) is 5.91 Å². The van der Waals surface area contributed by atoms with Crippen LogP contribution >= 0.6 is 0 Å². The van der Waals surface area contributed by atoms with Crippen molar-refractivity contribution in [3.8, 4) is 0 Å². The van der Waals surface area contributed by atoms with E-state index in [9.17, 15) is 18.0 Å². The van der Waals surface area contributed by atoms with Gasteiger partial charge >= 0.3 is 6.18 Å². The molecule has 1 aliphatic heterocycles. The van der Waals surface area contributed by atoms with Gasteiger partial charge in [0.25, 0.3) is 0 Å². The number of hydrogen-bond donors (Lipinski definition) is 0. The molecule has 0 spiro atoms. The predicted octanol–water partition coefficient (Wildman–Crippen LogP) is 4.51. The molecule has 0 atom stereocenters. The summed E-state index contributed by atoms with van der Waals surface area (Å²) in [6, 6.07) is 12.9. The van der Waals surface area contributed by atoms with Crippen LogP contribution in [-0.2, 0) is 17.5 Å². The molecule has 0 radical (unpaired) electrons. The van der Waals surface area contributed by atoms with E-state index in [4.69, 9.17) is 0 Å². The van der Waals surface area contributed by atoms with Crippen LogP contribution in [0.3, 0.4) is 0 Å². The van der Waals surface area contributed by atoms with Crippen LogP contribution in [-0.4, -0.2) is 34.9 Å². The van der Waals surface area contributed by atoms with Crippen molar-refractivity contribution in [1.82, 2.24) is 9.88 Å². The molecule has 4 rings (SSSR count). The number of halogens is 3. The lowest BCUT2D eigenvalue weighted by Crippen LogP contribution is -2.43. The first kappa shape index (κ1) is 19.7. The quantitative estimate of drug-likeness (QED) is 0.737. The molecule has 1 aromatic carbocycles. The van der Waals surface area contributed by atoms with Gasteiger partial charge in [-0.15, -0.1) is 0 Å². The number of anilines is 1. The van der Waals surface area contributed by atoms with E-state index in [-0.39, 0.29) is 11.8 Å². The topological polar surface area (TPSA) is 36.4 Å². The van der Waals surface area contributed by atoms with Gasteiger partial charge in [0.15, 0.2) is 0 Å². The van der Waals surface area contributed by atoms with Crippen LogP contribution in [0.1, 0.15) is 36.8 Å². The summed E-state index contributed by atoms with van der Waals surface area (Å²) >= 11 is 0. The van der Waals surface area contributed by atoms with E-state index >= 15 is 0 Å². The second-order valence-corrected chi connectivity index (χ2v) is 7.85. The Morgan fingerprint density at radius 3 is 2.28 bits per heavy atom. The summed E-state index contributed by atoms with van der Waals surface area (Å²) in [5.41, 5.74) is 0.395. The van der Waals surface area contributed by atoms with E-state index in [1.807, 2.05) is 40.1 Å². The number of carbonyl (C=O) groups is 1. The second kappa shape index (κ2) is 8.05. The second-order valence-electron chi connectivity index (χ2n) is 7.85. The zero-order chi connectivity index (χ0) is 20.4. The molecule has 154 valence electrons. The van der Waals surface area contributed by atoms with Crippen LogP contribution in [0.25, 0.3) is 0 Å². The average molecular weight is 403 g/mol. The van der Waals surface area contributed by atoms with Crippen LogP contribution in [0.2, 0.25) is 0 Å². The fourth-order valence-electron chi connectivity index (χ4n) is 3.88. The van der Waals surface area contributed by atoms with E-state index < -0.39 is 11.7 Å². The van der Waals surface area contributed by atoms with Crippen molar-refractivity contribution in [2.45, 2.75) is 44.4 Å². The summed E-state index contributed by atoms with van der Waals surface area (Å²) in [5.74, 6) is 0.702. The molecule has 1 aromatic heterocycles. The minimum atomic E-state index is -4.38. The molecule has 1 saturated heterocycles. The Morgan fingerprint density at radius 2 is 1.72 bits per heavy atom. The molecule has 0 N–H and O–H groups in total. The molecule has 1 saturated carbocycles. The Hall–Kier alpha value is -2.57. The van der Waals surface area contributed by atoms with Crippen molar-refractivity contribution in [3.05, 3.63) is 59.8 Å². The molecular formula is C22H24F3N3O. The minimum Gasteiger partial charge on any atom is -0.357 e. The number of alkyl halides is 3. The Labute approximate surface area is 168 Å². The monoisotopic (exact) mass is 403 g/mol. The third-order valence-electron chi connectivity index (χ3n) is 5.71. The number of aromatic nitrogens is 1. The van der Waals surface area contributed by atoms with Gasteiger partial charge in [-0.3, -0.25) is 4.79 Å². The number of amides is 1. The number of carbonyl (C=O) groups excluding carboxylic acids is 1. The Balaban J connectivity index is 1.36. The zero-order valence-corrected chi connectivity index (χ0v) is 16.1. The molecule has 0 bridgehead atoms. The number of nitrogens with zero attached hydrogens (tertiary/aromatic N) is 3. The number of benzene rings is 1. The summed E-state index contributed by atoms with van der Waals surface area (Å²) in [4.78, 5) is 21.1. The van der Waals surface area contributed by atoms with Crippen LogP contribution in [0.4, 0.5) is 19.0 Å². The lowest BCUT2D eigenvalue weighted by molar-refractivity contribution is -0.138. The van der Waals surface area contributed by atoms with Crippen LogP contribution in [0, 0.1) is 5.92 Å². The maximum absolute atomic E-state index is 13.1. The van der Waals surface area contributed by atoms with E-state index in [1.165, 1.54) is 6.07 Å². The number of piperidine rings is 1. The maximum Gasteiger partial charge on any atom is 0.417 e. The molecule has 1 aliphatic carbocycles. The molecule has 0 unspecified atom stereocenters. The van der Waals surface area contributed by atoms with Crippen LogP contribution in [0.5, 0.6) is 0 Å². The third-order valence-corrected chi connectivity index (χ3v) is 5.71. The van der Waals surface area contributed by atoms with Crippen molar-refractivity contribution < 1.29 is 18.0 Å². The summed E-state index contributed by atoms with van der Waals surface area (Å²) < 4.78 is 38.1. The fraction of sp³-hybridized carbons (Fsp3) is 0.455. The predicted molar refractivity (Wildman–Crippen MR) is 104 cm³/mol. The number of rotatable bonds is 5. The van der Waals surface area contributed by atoms with E-state index in [0.29, 0.717) is 44.3 Å². The highest BCUT2D eigenvalue weighted by Crippen LogP contribution is 2.33. The van der Waals surface area contributed by atoms with Gasteiger partial charge < -0.3 is 9.80 Å². The fourth-order valence-corrected chi connectivity index (χ4v) is 3.88. The van der Waals surface area contributed by atoms with Crippen molar-refractivity contribution >= 4 is 11.7 Å². The largest absolute Gasteiger partial charge is 0.417 e. The normalized spacial score (nSPS) is 18.0. The van der Waals surface area contributed by atoms with Gasteiger partial charge in [0, 0.05) is 37.8 Å². The number of hydrogen-bond acceptors (Lipinski definition) is 3. The van der Waals surface area contributed by atoms with E-state index in [0.717, 1.165) is 30.7 Å². The lowest BCUT2D eigenvalue weighted by Gasteiger charge is -2.35. The summed E-state index contributed by atoms with van der Waals surface area (Å²) in [7, 11) is 0. The molecule has 7 heteroatoms. The SMILES string of the molecule is O=C(C1CCN(c2ccc(C(F)(F)F)cn2)CC1)N(Cc1ccccc1)C1CC1. The summed E-state index contributed by atoms with van der Waals surface area (Å²) in [5, 5.41) is 0. The maximum atomic E-state index is 13.1. The van der Waals surface area contributed by atoms with Gasteiger partial charge in [0.1, 0.15) is 5.82 Å². The smallest absolute Gasteiger partial charge is 0.357 e. The van der Waals surface area contributed by atoms with Gasteiger partial charge in [-0.1, -0.05) is 30.3 Å². The Morgan fingerprint density at radius 1 is 1.03 bits per heavy atom. The summed E-state index contributed by atoms with van der Waals surface area (Å²) in [6.07, 6.45) is 0.0100. The third kappa shape index (κ3) is 4.71. The standard InChI is InChI=1S/C22H24F3N3O/c23-22(24,25)18-6-9-20(26-14-18)27-12-10-17(11-13-27)21(29)28(19-7-8-19)15-16-4-2-1-3-5-16/h1-6,9,14,17,19H,7-8,10-13,15H2. The first-order valence-corrected chi connectivity index (χ1v) is 10.0. The molecule has 2 aliphatic rings. The summed E-state index contributed by atoms with van der Waals surface area (Å²) in [6.45, 7) is 1.89. The first-order chi connectivity index (χ1) is 13.9. The lowest BCUT2D eigenvalue weighted by atomic mass is 9.94. The highest BCUT2D eigenvalue weighted by atomic mass is 19.4. The molecule has 2 heterocycles. The molecule has 2 fully saturated rings. The molecule has 1 amide bonds. The van der Waals surface area contributed by atoms with Gasteiger partial charge in [-0.25, -0.2) is 4.98 Å². The van der Waals surface area contributed by atoms with Crippen molar-refractivity contribution in [2.24, 2.45) is 5.92 Å². The molecule has 29 heavy (non-hydrogen) atoms. The van der Waals surface area contributed by atoms with E-state index in [2.05, 4.69) is 4.98 Å². The van der Waals surface area contributed by atoms with E-state index in [1.54, 1.807) is 0 Å². The van der Waals surface area contributed by atoms with Gasteiger partial charge in [-0.05, 0) is 43.4 Å². The van der Waals surface area contributed by atoms with Crippen LogP contribution < -0.4 is 4.90 Å². The number of pyridine rings is 1. The zero-order valence-electron chi connectivity index (χ0n) is 16.1. The Kier molecular flexibility index (Phi) is 5.48. The highest BCUT2D eigenvalue weighted by molar-refractivity contribution is 5.80. The van der Waals surface area contributed by atoms with Gasteiger partial charge in [0.05, 0.1) is 5.56 Å². The Bertz CT molecular complexity index is 827. The van der Waals surface area contributed by atoms with Gasteiger partial charge in [-0.2, -0.15) is 13.2 Å². The first-order valence-electron chi connectivity index (χ1n) is 10.0. The average Bonchev–Trinajstić information content (AvgIpc) is 3.57. The highest BCUT2D eigenvalue weighted by Gasteiger charge is 2.37. The van der Waals surface area contributed by atoms with Crippen molar-refractivity contribution in [2.75, 3.05) is 18.0 Å².